The summed E-state index contributed by atoms with van der Waals surface area (Å²) >= 11 is 0. The van der Waals surface area contributed by atoms with E-state index in [0.717, 1.165) is 29.7 Å². The van der Waals surface area contributed by atoms with Crippen LogP contribution < -0.4 is 9.47 Å². The maximum atomic E-state index is 12.1. The molecule has 0 N–H and O–H groups in total. The average Bonchev–Trinajstić information content (AvgIpc) is 2.47. The summed E-state index contributed by atoms with van der Waals surface area (Å²) < 4.78 is 11.0. The predicted octanol–water partition coefficient (Wildman–Crippen LogP) is 4.70. The first-order chi connectivity index (χ1) is 10.6. The number of aryl methyl sites for hydroxylation is 2. The quantitative estimate of drug-likeness (QED) is 0.440. The lowest BCUT2D eigenvalue weighted by Gasteiger charge is -2.08. The van der Waals surface area contributed by atoms with Crippen LogP contribution in [-0.4, -0.2) is 12.6 Å². The molecule has 0 saturated heterocycles. The zero-order valence-corrected chi connectivity index (χ0v) is 13.4. The van der Waals surface area contributed by atoms with Crippen LogP contribution >= 0.6 is 0 Å². The van der Waals surface area contributed by atoms with Gasteiger partial charge in [-0.1, -0.05) is 19.4 Å². The van der Waals surface area contributed by atoms with Gasteiger partial charge in [-0.05, 0) is 67.8 Å². The van der Waals surface area contributed by atoms with E-state index in [2.05, 4.69) is 6.92 Å². The van der Waals surface area contributed by atoms with Gasteiger partial charge in [-0.15, -0.1) is 0 Å². The van der Waals surface area contributed by atoms with Crippen LogP contribution in [-0.2, 0) is 0 Å². The van der Waals surface area contributed by atoms with Gasteiger partial charge in [-0.25, -0.2) is 4.79 Å². The van der Waals surface area contributed by atoms with Gasteiger partial charge in [-0.3, -0.25) is 0 Å². The van der Waals surface area contributed by atoms with E-state index in [1.54, 1.807) is 24.3 Å². The van der Waals surface area contributed by atoms with Crippen molar-refractivity contribution in [3.05, 3.63) is 59.2 Å². The molecular weight excluding hydrogens is 276 g/mol. The summed E-state index contributed by atoms with van der Waals surface area (Å²) in [5, 5.41) is 0. The van der Waals surface area contributed by atoms with Crippen molar-refractivity contribution in [1.82, 2.24) is 0 Å². The molecule has 0 spiro atoms. The zero-order valence-electron chi connectivity index (χ0n) is 13.4. The normalized spacial score (nSPS) is 10.3. The van der Waals surface area contributed by atoms with Gasteiger partial charge in [0.25, 0.3) is 0 Å². The Bertz CT molecular complexity index is 609. The molecule has 0 bridgehead atoms. The summed E-state index contributed by atoms with van der Waals surface area (Å²) in [5.41, 5.74) is 2.66. The molecule has 0 saturated carbocycles. The molecule has 3 nitrogen and oxygen atoms in total. The van der Waals surface area contributed by atoms with Gasteiger partial charge in [0.15, 0.2) is 0 Å². The Morgan fingerprint density at radius 3 is 2.18 bits per heavy atom. The van der Waals surface area contributed by atoms with Gasteiger partial charge in [0, 0.05) is 0 Å². The topological polar surface area (TPSA) is 35.5 Å². The maximum absolute atomic E-state index is 12.1. The summed E-state index contributed by atoms with van der Waals surface area (Å²) in [5.74, 6) is 0.993. The molecule has 2 aromatic carbocycles. The van der Waals surface area contributed by atoms with Crippen LogP contribution in [0.2, 0.25) is 0 Å². The number of hydrogen-bond acceptors (Lipinski definition) is 3. The van der Waals surface area contributed by atoms with Crippen molar-refractivity contribution >= 4 is 5.97 Å². The standard InChI is InChI=1S/C19H22O3/c1-4-5-10-21-17-8-6-16(7-9-17)19(20)22-18-12-14(2)11-15(3)13-18/h6-9,11-13H,4-5,10H2,1-3H3. The highest BCUT2D eigenvalue weighted by Crippen LogP contribution is 2.19. The number of hydrogen-bond donors (Lipinski definition) is 0. The fourth-order valence-electron chi connectivity index (χ4n) is 2.18. The second-order valence-electron chi connectivity index (χ2n) is 5.44. The van der Waals surface area contributed by atoms with Crippen LogP contribution in [0.4, 0.5) is 0 Å². The number of carbonyl (C=O) groups is 1. The molecule has 0 amide bonds. The highest BCUT2D eigenvalue weighted by atomic mass is 16.5. The van der Waals surface area contributed by atoms with Crippen LogP contribution in [0.3, 0.4) is 0 Å². The average molecular weight is 298 g/mol. The molecule has 0 aliphatic rings. The van der Waals surface area contributed by atoms with Gasteiger partial charge in [0.1, 0.15) is 11.5 Å². The minimum Gasteiger partial charge on any atom is -0.494 e. The van der Waals surface area contributed by atoms with E-state index >= 15 is 0 Å². The fourth-order valence-corrected chi connectivity index (χ4v) is 2.18. The van der Waals surface area contributed by atoms with Crippen molar-refractivity contribution in [1.29, 1.82) is 0 Å². The Kier molecular flexibility index (Phi) is 5.59. The highest BCUT2D eigenvalue weighted by Gasteiger charge is 2.09. The summed E-state index contributed by atoms with van der Waals surface area (Å²) in [6.45, 7) is 6.78. The lowest BCUT2D eigenvalue weighted by Crippen LogP contribution is -2.08. The van der Waals surface area contributed by atoms with E-state index < -0.39 is 0 Å². The molecule has 0 aromatic heterocycles. The van der Waals surface area contributed by atoms with Gasteiger partial charge in [-0.2, -0.15) is 0 Å². The number of unbranched alkanes of at least 4 members (excludes halogenated alkanes) is 1. The van der Waals surface area contributed by atoms with Gasteiger partial charge < -0.3 is 9.47 Å². The first-order valence-electron chi connectivity index (χ1n) is 7.62. The molecule has 116 valence electrons. The summed E-state index contributed by atoms with van der Waals surface area (Å²) in [7, 11) is 0. The maximum Gasteiger partial charge on any atom is 0.343 e. The predicted molar refractivity (Wildman–Crippen MR) is 87.7 cm³/mol. The molecule has 0 aliphatic heterocycles. The monoisotopic (exact) mass is 298 g/mol. The zero-order chi connectivity index (χ0) is 15.9. The third-order valence-electron chi connectivity index (χ3n) is 3.26. The van der Waals surface area contributed by atoms with Crippen LogP contribution in [0, 0.1) is 13.8 Å². The second-order valence-corrected chi connectivity index (χ2v) is 5.44. The Morgan fingerprint density at radius 2 is 1.59 bits per heavy atom. The minimum absolute atomic E-state index is 0.356. The van der Waals surface area contributed by atoms with Crippen LogP contribution in [0.5, 0.6) is 11.5 Å². The number of benzene rings is 2. The third kappa shape index (κ3) is 4.62. The molecule has 2 rings (SSSR count). The molecule has 0 fully saturated rings. The van der Waals surface area contributed by atoms with E-state index in [-0.39, 0.29) is 5.97 Å². The first kappa shape index (κ1) is 16.1. The summed E-state index contributed by atoms with van der Waals surface area (Å²) in [6.07, 6.45) is 2.12. The lowest BCUT2D eigenvalue weighted by molar-refractivity contribution is 0.0734. The van der Waals surface area contributed by atoms with Crippen molar-refractivity contribution in [2.75, 3.05) is 6.61 Å². The molecule has 0 unspecified atom stereocenters. The molecule has 2 aromatic rings. The Hall–Kier alpha value is -2.29. The molecule has 0 radical (unpaired) electrons. The Morgan fingerprint density at radius 1 is 0.955 bits per heavy atom. The van der Waals surface area contributed by atoms with Crippen molar-refractivity contribution in [3.8, 4) is 11.5 Å². The minimum atomic E-state index is -0.356. The van der Waals surface area contributed by atoms with Crippen molar-refractivity contribution < 1.29 is 14.3 Å². The SMILES string of the molecule is CCCCOc1ccc(C(=O)Oc2cc(C)cc(C)c2)cc1. The van der Waals surface area contributed by atoms with Gasteiger partial charge >= 0.3 is 5.97 Å². The number of rotatable bonds is 6. The second kappa shape index (κ2) is 7.64. The van der Waals surface area contributed by atoms with E-state index in [1.165, 1.54) is 0 Å². The van der Waals surface area contributed by atoms with Crippen molar-refractivity contribution in [2.24, 2.45) is 0 Å². The van der Waals surface area contributed by atoms with Crippen LogP contribution in [0.1, 0.15) is 41.3 Å². The van der Waals surface area contributed by atoms with Crippen molar-refractivity contribution in [3.63, 3.8) is 0 Å². The Balaban J connectivity index is 2.00. The molecule has 0 atom stereocenters. The largest absolute Gasteiger partial charge is 0.494 e. The molecule has 0 aliphatic carbocycles. The smallest absolute Gasteiger partial charge is 0.343 e. The third-order valence-corrected chi connectivity index (χ3v) is 3.26. The van der Waals surface area contributed by atoms with Crippen LogP contribution in [0.25, 0.3) is 0 Å². The number of esters is 1. The molecule has 0 heterocycles. The Labute approximate surface area is 131 Å². The van der Waals surface area contributed by atoms with Crippen LogP contribution in [0.15, 0.2) is 42.5 Å². The number of carbonyl (C=O) groups excluding carboxylic acids is 1. The van der Waals surface area contributed by atoms with Gasteiger partial charge in [0.2, 0.25) is 0 Å². The van der Waals surface area contributed by atoms with Crippen molar-refractivity contribution in [2.45, 2.75) is 33.6 Å². The first-order valence-corrected chi connectivity index (χ1v) is 7.62. The summed E-state index contributed by atoms with van der Waals surface area (Å²) in [4.78, 5) is 12.1. The molecule has 3 heteroatoms. The van der Waals surface area contributed by atoms with Gasteiger partial charge in [0.05, 0.1) is 12.2 Å². The van der Waals surface area contributed by atoms with E-state index in [0.29, 0.717) is 17.9 Å². The lowest BCUT2D eigenvalue weighted by atomic mass is 10.1. The highest BCUT2D eigenvalue weighted by molar-refractivity contribution is 5.91. The van der Waals surface area contributed by atoms with E-state index in [1.807, 2.05) is 32.0 Å². The van der Waals surface area contributed by atoms with E-state index in [4.69, 9.17) is 9.47 Å². The number of ether oxygens (including phenoxy) is 2. The fraction of sp³-hybridized carbons (Fsp3) is 0.316. The summed E-state index contributed by atoms with van der Waals surface area (Å²) in [6, 6.07) is 12.8. The molecule has 22 heavy (non-hydrogen) atoms. The van der Waals surface area contributed by atoms with E-state index in [9.17, 15) is 4.79 Å². The molecular formula is C19H22O3.